The van der Waals surface area contributed by atoms with E-state index in [1.165, 1.54) is 30.2 Å². The van der Waals surface area contributed by atoms with Crippen LogP contribution in [0, 0.1) is 11.7 Å². The number of anilines is 1. The largest absolute Gasteiger partial charge is 0.479 e. The molecule has 0 bridgehead atoms. The van der Waals surface area contributed by atoms with Crippen LogP contribution in [0.15, 0.2) is 30.5 Å². The van der Waals surface area contributed by atoms with Gasteiger partial charge in [-0.1, -0.05) is 6.42 Å². The number of carbonyl (C=O) groups is 2. The third-order valence-corrected chi connectivity index (χ3v) is 6.23. The highest BCUT2D eigenvalue weighted by atomic mass is 19.1. The van der Waals surface area contributed by atoms with Crippen LogP contribution in [0.4, 0.5) is 10.1 Å². The first kappa shape index (κ1) is 19.0. The fourth-order valence-corrected chi connectivity index (χ4v) is 4.22. The van der Waals surface area contributed by atoms with Crippen molar-refractivity contribution in [2.24, 2.45) is 5.92 Å². The molecule has 1 atom stereocenters. The number of hydrogen-bond donors (Lipinski definition) is 0. The molecule has 1 amide bonds. The van der Waals surface area contributed by atoms with E-state index in [4.69, 9.17) is 9.47 Å². The molecule has 0 unspecified atom stereocenters. The van der Waals surface area contributed by atoms with Crippen LogP contribution in [0.5, 0.6) is 11.6 Å². The predicted molar refractivity (Wildman–Crippen MR) is 108 cm³/mol. The van der Waals surface area contributed by atoms with Gasteiger partial charge in [0, 0.05) is 36.7 Å². The predicted octanol–water partition coefficient (Wildman–Crippen LogP) is 3.71. The Labute approximate surface area is 174 Å². The molecule has 1 saturated carbocycles. The number of amides is 1. The quantitative estimate of drug-likeness (QED) is 0.726. The smallest absolute Gasteiger partial charge is 0.268 e. The lowest BCUT2D eigenvalue weighted by atomic mass is 9.86. The number of benzene rings is 1. The highest BCUT2D eigenvalue weighted by molar-refractivity contribution is 6.04. The van der Waals surface area contributed by atoms with Gasteiger partial charge in [0.1, 0.15) is 11.6 Å². The summed E-state index contributed by atoms with van der Waals surface area (Å²) >= 11 is 0. The first-order valence-corrected chi connectivity index (χ1v) is 10.5. The minimum Gasteiger partial charge on any atom is -0.479 e. The zero-order valence-corrected chi connectivity index (χ0v) is 16.6. The number of nitrogens with zero attached hydrogens (tertiary/aromatic N) is 2. The zero-order chi connectivity index (χ0) is 20.7. The third kappa shape index (κ3) is 3.53. The van der Waals surface area contributed by atoms with Crippen LogP contribution in [-0.2, 0) is 11.2 Å². The second-order valence-corrected chi connectivity index (χ2v) is 8.20. The lowest BCUT2D eigenvalue weighted by Crippen LogP contribution is -2.32. The molecule has 0 radical (unpaired) electrons. The monoisotopic (exact) mass is 410 g/mol. The molecule has 30 heavy (non-hydrogen) atoms. The number of ether oxygens (including phenoxy) is 2. The van der Waals surface area contributed by atoms with Crippen LogP contribution < -0.4 is 14.4 Å². The molecule has 0 N–H and O–H groups in total. The van der Waals surface area contributed by atoms with E-state index in [2.05, 4.69) is 4.98 Å². The second kappa shape index (κ2) is 7.70. The maximum atomic E-state index is 14.4. The minimum atomic E-state index is -0.666. The summed E-state index contributed by atoms with van der Waals surface area (Å²) in [7, 11) is 0. The SMILES string of the molecule is O=C1CCc2c(F)cc(N3CC[C@@H](Oc4ccc(OCC5CCC5)nc4)C3=O)cc21. The summed E-state index contributed by atoms with van der Waals surface area (Å²) in [6.07, 6.45) is 5.81. The molecule has 156 valence electrons. The van der Waals surface area contributed by atoms with E-state index in [-0.39, 0.29) is 11.7 Å². The van der Waals surface area contributed by atoms with Gasteiger partial charge in [-0.05, 0) is 48.9 Å². The Morgan fingerprint density at radius 1 is 1.13 bits per heavy atom. The molecule has 1 saturated heterocycles. The Morgan fingerprint density at radius 3 is 2.73 bits per heavy atom. The van der Waals surface area contributed by atoms with Gasteiger partial charge in [0.15, 0.2) is 11.9 Å². The van der Waals surface area contributed by atoms with Crippen LogP contribution in [0.25, 0.3) is 0 Å². The lowest BCUT2D eigenvalue weighted by molar-refractivity contribution is -0.122. The zero-order valence-electron chi connectivity index (χ0n) is 16.6. The number of pyridine rings is 1. The number of carbonyl (C=O) groups excluding carboxylic acids is 2. The standard InChI is InChI=1S/C23H23FN2O4/c24-19-11-15(10-18-17(19)5-6-20(18)27)26-9-8-21(23(26)28)30-16-4-7-22(25-12-16)29-13-14-2-1-3-14/h4,7,10-12,14,21H,1-3,5-6,8-9,13H2/t21-/m1/s1. The van der Waals surface area contributed by atoms with Gasteiger partial charge in [0.2, 0.25) is 5.88 Å². The molecule has 1 aromatic carbocycles. The summed E-state index contributed by atoms with van der Waals surface area (Å²) in [5, 5.41) is 0. The molecule has 2 heterocycles. The number of Topliss-reactive ketones (excluding diaryl/α,β-unsaturated/α-hetero) is 1. The third-order valence-electron chi connectivity index (χ3n) is 6.23. The molecule has 0 spiro atoms. The summed E-state index contributed by atoms with van der Waals surface area (Å²) in [6, 6.07) is 6.46. The Balaban J connectivity index is 1.23. The van der Waals surface area contributed by atoms with E-state index in [0.29, 0.717) is 66.8 Å². The molecule has 1 aromatic heterocycles. The number of hydrogen-bond acceptors (Lipinski definition) is 5. The highest BCUT2D eigenvalue weighted by Gasteiger charge is 2.36. The average molecular weight is 410 g/mol. The normalized spacial score (nSPS) is 21.0. The van der Waals surface area contributed by atoms with Crippen molar-refractivity contribution < 1.29 is 23.5 Å². The van der Waals surface area contributed by atoms with Gasteiger partial charge < -0.3 is 14.4 Å². The average Bonchev–Trinajstić information content (AvgIpc) is 3.25. The molecular weight excluding hydrogens is 387 g/mol. The Morgan fingerprint density at radius 2 is 2.00 bits per heavy atom. The van der Waals surface area contributed by atoms with Gasteiger partial charge in [0.05, 0.1) is 12.8 Å². The number of ketones is 1. The van der Waals surface area contributed by atoms with Crippen LogP contribution in [0.2, 0.25) is 0 Å². The maximum absolute atomic E-state index is 14.4. The van der Waals surface area contributed by atoms with E-state index in [1.807, 2.05) is 0 Å². The molecule has 2 fully saturated rings. The van der Waals surface area contributed by atoms with Gasteiger partial charge in [-0.25, -0.2) is 9.37 Å². The molecule has 2 aliphatic carbocycles. The lowest BCUT2D eigenvalue weighted by Gasteiger charge is -2.24. The minimum absolute atomic E-state index is 0.0733. The van der Waals surface area contributed by atoms with Gasteiger partial charge in [-0.2, -0.15) is 0 Å². The van der Waals surface area contributed by atoms with E-state index in [1.54, 1.807) is 24.4 Å². The van der Waals surface area contributed by atoms with Gasteiger partial charge in [-0.3, -0.25) is 9.59 Å². The second-order valence-electron chi connectivity index (χ2n) is 8.20. The van der Waals surface area contributed by atoms with Crippen molar-refractivity contribution >= 4 is 17.4 Å². The summed E-state index contributed by atoms with van der Waals surface area (Å²) in [5.41, 5.74) is 1.26. The maximum Gasteiger partial charge on any atom is 0.268 e. The summed E-state index contributed by atoms with van der Waals surface area (Å²) in [5.74, 6) is 0.922. The van der Waals surface area contributed by atoms with Gasteiger partial charge >= 0.3 is 0 Å². The topological polar surface area (TPSA) is 68.7 Å². The van der Waals surface area contributed by atoms with E-state index < -0.39 is 11.9 Å². The fourth-order valence-electron chi connectivity index (χ4n) is 4.22. The first-order valence-electron chi connectivity index (χ1n) is 10.5. The van der Waals surface area contributed by atoms with Crippen molar-refractivity contribution in [3.63, 3.8) is 0 Å². The Bertz CT molecular complexity index is 987. The number of aromatic nitrogens is 1. The molecule has 2 aromatic rings. The van der Waals surface area contributed by atoms with Crippen molar-refractivity contribution in [1.82, 2.24) is 4.98 Å². The van der Waals surface area contributed by atoms with Crippen LogP contribution in [0.3, 0.4) is 0 Å². The van der Waals surface area contributed by atoms with Gasteiger partial charge in [-0.15, -0.1) is 0 Å². The van der Waals surface area contributed by atoms with Crippen molar-refractivity contribution in [1.29, 1.82) is 0 Å². The van der Waals surface area contributed by atoms with Crippen molar-refractivity contribution in [3.8, 4) is 11.6 Å². The molecule has 5 rings (SSSR count). The Kier molecular flexibility index (Phi) is 4.89. The van der Waals surface area contributed by atoms with Crippen molar-refractivity contribution in [3.05, 3.63) is 47.4 Å². The molecule has 7 heteroatoms. The van der Waals surface area contributed by atoms with Crippen molar-refractivity contribution in [2.45, 2.75) is 44.6 Å². The van der Waals surface area contributed by atoms with Crippen molar-refractivity contribution in [2.75, 3.05) is 18.1 Å². The molecule has 6 nitrogen and oxygen atoms in total. The highest BCUT2D eigenvalue weighted by Crippen LogP contribution is 2.32. The van der Waals surface area contributed by atoms with E-state index in [0.717, 1.165) is 0 Å². The summed E-state index contributed by atoms with van der Waals surface area (Å²) < 4.78 is 25.9. The molecular formula is C23H23FN2O4. The molecule has 3 aliphatic rings. The number of fused-ring (bicyclic) bond motifs is 1. The Hall–Kier alpha value is -2.96. The molecule has 1 aliphatic heterocycles. The van der Waals surface area contributed by atoms with Gasteiger partial charge in [0.25, 0.3) is 5.91 Å². The number of rotatable bonds is 6. The fraction of sp³-hybridized carbons (Fsp3) is 0.435. The van der Waals surface area contributed by atoms with Crippen LogP contribution >= 0.6 is 0 Å². The summed E-state index contributed by atoms with van der Waals surface area (Å²) in [6.45, 7) is 1.09. The van der Waals surface area contributed by atoms with E-state index >= 15 is 0 Å². The first-order chi connectivity index (χ1) is 14.6. The van der Waals surface area contributed by atoms with E-state index in [9.17, 15) is 14.0 Å². The van der Waals surface area contributed by atoms with Crippen LogP contribution in [0.1, 0.15) is 48.0 Å². The van der Waals surface area contributed by atoms with Crippen LogP contribution in [-0.4, -0.2) is 35.9 Å². The number of halogens is 1. The summed E-state index contributed by atoms with van der Waals surface area (Å²) in [4.78, 5) is 30.6.